The molecule has 0 bridgehead atoms. The van der Waals surface area contributed by atoms with Crippen molar-refractivity contribution >= 4 is 0 Å². The highest BCUT2D eigenvalue weighted by molar-refractivity contribution is 5.32. The predicted molar refractivity (Wildman–Crippen MR) is 79.2 cm³/mol. The second-order valence-electron chi connectivity index (χ2n) is 6.03. The highest BCUT2D eigenvalue weighted by Gasteiger charge is 2.13. The Balaban J connectivity index is 1.89. The Bertz CT molecular complexity index is 375. The van der Waals surface area contributed by atoms with Crippen molar-refractivity contribution in [1.29, 1.82) is 0 Å². The lowest BCUT2D eigenvalue weighted by Crippen LogP contribution is -2.28. The van der Waals surface area contributed by atoms with Crippen molar-refractivity contribution < 1.29 is 0 Å². The van der Waals surface area contributed by atoms with Crippen molar-refractivity contribution in [2.24, 2.45) is 0 Å². The Morgan fingerprint density at radius 3 is 2.61 bits per heavy atom. The molecule has 100 valence electrons. The first kappa shape index (κ1) is 13.6. The Morgan fingerprint density at radius 2 is 1.94 bits per heavy atom. The van der Waals surface area contributed by atoms with Crippen LogP contribution in [0.15, 0.2) is 18.2 Å². The number of aryl methyl sites for hydroxylation is 1. The van der Waals surface area contributed by atoms with E-state index < -0.39 is 0 Å². The van der Waals surface area contributed by atoms with Crippen molar-refractivity contribution in [3.63, 3.8) is 0 Å². The molecule has 1 heteroatoms. The van der Waals surface area contributed by atoms with Crippen LogP contribution in [0.5, 0.6) is 0 Å². The molecule has 1 saturated carbocycles. The first-order chi connectivity index (χ1) is 8.66. The minimum atomic E-state index is 0.632. The quantitative estimate of drug-likeness (QED) is 0.820. The van der Waals surface area contributed by atoms with Gasteiger partial charge >= 0.3 is 0 Å². The fourth-order valence-corrected chi connectivity index (χ4v) is 2.86. The van der Waals surface area contributed by atoms with Crippen molar-refractivity contribution in [2.45, 2.75) is 64.8 Å². The SMILES string of the molecule is Cc1ccc(C(C)C)cc1CCNC1CCCC1. The summed E-state index contributed by atoms with van der Waals surface area (Å²) in [5.74, 6) is 0.632. The summed E-state index contributed by atoms with van der Waals surface area (Å²) in [6, 6.07) is 7.74. The highest BCUT2D eigenvalue weighted by atomic mass is 14.9. The van der Waals surface area contributed by atoms with Gasteiger partial charge in [-0.2, -0.15) is 0 Å². The van der Waals surface area contributed by atoms with E-state index in [0.29, 0.717) is 5.92 Å². The zero-order chi connectivity index (χ0) is 13.0. The Labute approximate surface area is 112 Å². The van der Waals surface area contributed by atoms with Crippen molar-refractivity contribution in [3.8, 4) is 0 Å². The van der Waals surface area contributed by atoms with Gasteiger partial charge in [-0.3, -0.25) is 0 Å². The van der Waals surface area contributed by atoms with Crippen molar-refractivity contribution in [3.05, 3.63) is 34.9 Å². The summed E-state index contributed by atoms with van der Waals surface area (Å²) in [5, 5.41) is 3.71. The van der Waals surface area contributed by atoms with Gasteiger partial charge in [0.15, 0.2) is 0 Å². The molecule has 18 heavy (non-hydrogen) atoms. The van der Waals surface area contributed by atoms with Gasteiger partial charge in [-0.15, -0.1) is 0 Å². The monoisotopic (exact) mass is 245 g/mol. The van der Waals surface area contributed by atoms with Crippen LogP contribution in [0.1, 0.15) is 62.1 Å². The lowest BCUT2D eigenvalue weighted by Gasteiger charge is -2.14. The Morgan fingerprint density at radius 1 is 1.22 bits per heavy atom. The molecule has 0 aromatic heterocycles. The smallest absolute Gasteiger partial charge is 0.00671 e. The van der Waals surface area contributed by atoms with Gasteiger partial charge in [-0.25, -0.2) is 0 Å². The lowest BCUT2D eigenvalue weighted by molar-refractivity contribution is 0.527. The van der Waals surface area contributed by atoms with E-state index in [0.717, 1.165) is 12.6 Å². The van der Waals surface area contributed by atoms with E-state index in [4.69, 9.17) is 0 Å². The molecule has 0 saturated heterocycles. The molecule has 1 N–H and O–H groups in total. The molecule has 1 nitrogen and oxygen atoms in total. The molecule has 0 aliphatic heterocycles. The lowest BCUT2D eigenvalue weighted by atomic mass is 9.96. The second kappa shape index (κ2) is 6.38. The number of hydrogen-bond donors (Lipinski definition) is 1. The standard InChI is InChI=1S/C17H27N/c1-13(2)15-9-8-14(3)16(12-15)10-11-18-17-6-4-5-7-17/h8-9,12-13,17-18H,4-7,10-11H2,1-3H3. The molecule has 0 atom stereocenters. The molecule has 2 rings (SSSR count). The molecule has 0 radical (unpaired) electrons. The van der Waals surface area contributed by atoms with Crippen molar-refractivity contribution in [2.75, 3.05) is 6.54 Å². The summed E-state index contributed by atoms with van der Waals surface area (Å²) >= 11 is 0. The second-order valence-corrected chi connectivity index (χ2v) is 6.03. The van der Waals surface area contributed by atoms with E-state index in [1.54, 1.807) is 0 Å². The minimum absolute atomic E-state index is 0.632. The number of rotatable bonds is 5. The molecule has 1 fully saturated rings. The van der Waals surface area contributed by atoms with Crippen LogP contribution in [0, 0.1) is 6.92 Å². The molecular weight excluding hydrogens is 218 g/mol. The Kier molecular flexibility index (Phi) is 4.82. The van der Waals surface area contributed by atoms with E-state index in [2.05, 4.69) is 44.3 Å². The van der Waals surface area contributed by atoms with Gasteiger partial charge in [0.1, 0.15) is 0 Å². The summed E-state index contributed by atoms with van der Waals surface area (Å²) in [7, 11) is 0. The molecule has 1 aromatic rings. The summed E-state index contributed by atoms with van der Waals surface area (Å²) < 4.78 is 0. The van der Waals surface area contributed by atoms with Crippen LogP contribution in [-0.4, -0.2) is 12.6 Å². The van der Waals surface area contributed by atoms with Crippen LogP contribution in [0.4, 0.5) is 0 Å². The summed E-state index contributed by atoms with van der Waals surface area (Å²) in [4.78, 5) is 0. The third kappa shape index (κ3) is 3.58. The number of nitrogens with one attached hydrogen (secondary N) is 1. The van der Waals surface area contributed by atoms with E-state index in [9.17, 15) is 0 Å². The van der Waals surface area contributed by atoms with Gasteiger partial charge in [0.25, 0.3) is 0 Å². The van der Waals surface area contributed by atoms with Gasteiger partial charge < -0.3 is 5.32 Å². The largest absolute Gasteiger partial charge is 0.314 e. The van der Waals surface area contributed by atoms with Crippen LogP contribution in [0.25, 0.3) is 0 Å². The highest BCUT2D eigenvalue weighted by Crippen LogP contribution is 2.20. The Hall–Kier alpha value is -0.820. The third-order valence-corrected chi connectivity index (χ3v) is 4.22. The third-order valence-electron chi connectivity index (χ3n) is 4.22. The van der Waals surface area contributed by atoms with E-state index >= 15 is 0 Å². The average Bonchev–Trinajstić information content (AvgIpc) is 2.84. The van der Waals surface area contributed by atoms with Gasteiger partial charge in [0.05, 0.1) is 0 Å². The van der Waals surface area contributed by atoms with E-state index in [1.807, 2.05) is 0 Å². The van der Waals surface area contributed by atoms with Gasteiger partial charge in [-0.1, -0.05) is 44.9 Å². The molecular formula is C17H27N. The van der Waals surface area contributed by atoms with Crippen molar-refractivity contribution in [1.82, 2.24) is 5.32 Å². The predicted octanol–water partition coefficient (Wildman–Crippen LogP) is 4.19. The zero-order valence-electron chi connectivity index (χ0n) is 12.1. The van der Waals surface area contributed by atoms with Gasteiger partial charge in [0, 0.05) is 6.04 Å². The zero-order valence-corrected chi connectivity index (χ0v) is 12.1. The minimum Gasteiger partial charge on any atom is -0.314 e. The molecule has 0 spiro atoms. The molecule has 1 aromatic carbocycles. The van der Waals surface area contributed by atoms with Crippen LogP contribution in [0.3, 0.4) is 0 Å². The normalized spacial score (nSPS) is 16.7. The maximum absolute atomic E-state index is 3.71. The molecule has 1 aliphatic rings. The molecule has 0 unspecified atom stereocenters. The van der Waals surface area contributed by atoms with Gasteiger partial charge in [0.2, 0.25) is 0 Å². The summed E-state index contributed by atoms with van der Waals surface area (Å²) in [6.45, 7) is 7.90. The van der Waals surface area contributed by atoms with Crippen LogP contribution < -0.4 is 5.32 Å². The number of hydrogen-bond acceptors (Lipinski definition) is 1. The molecule has 0 heterocycles. The fraction of sp³-hybridized carbons (Fsp3) is 0.647. The van der Waals surface area contributed by atoms with E-state index in [1.165, 1.54) is 48.8 Å². The van der Waals surface area contributed by atoms with Crippen LogP contribution >= 0.6 is 0 Å². The first-order valence-corrected chi connectivity index (χ1v) is 7.49. The van der Waals surface area contributed by atoms with Crippen LogP contribution in [0.2, 0.25) is 0 Å². The van der Waals surface area contributed by atoms with Crippen LogP contribution in [-0.2, 0) is 6.42 Å². The first-order valence-electron chi connectivity index (χ1n) is 7.49. The maximum Gasteiger partial charge on any atom is 0.00671 e. The molecule has 0 amide bonds. The molecule has 1 aliphatic carbocycles. The summed E-state index contributed by atoms with van der Waals surface area (Å²) in [5.41, 5.74) is 4.43. The van der Waals surface area contributed by atoms with Gasteiger partial charge in [-0.05, 0) is 55.3 Å². The maximum atomic E-state index is 3.71. The average molecular weight is 245 g/mol. The topological polar surface area (TPSA) is 12.0 Å². The summed E-state index contributed by atoms with van der Waals surface area (Å²) in [6.07, 6.45) is 6.76. The van der Waals surface area contributed by atoms with E-state index in [-0.39, 0.29) is 0 Å². The fourth-order valence-electron chi connectivity index (χ4n) is 2.86. The number of benzene rings is 1.